The van der Waals surface area contributed by atoms with Gasteiger partial charge in [0.05, 0.1) is 27.4 Å². The number of nitrogens with two attached hydrogens (primary N) is 1. The number of aryl methyl sites for hydroxylation is 4. The molecule has 0 atom stereocenters. The van der Waals surface area contributed by atoms with Crippen LogP contribution in [-0.4, -0.2) is 67.4 Å². The predicted molar refractivity (Wildman–Crippen MR) is 219 cm³/mol. The van der Waals surface area contributed by atoms with Crippen molar-refractivity contribution in [2.75, 3.05) is 41.5 Å². The van der Waals surface area contributed by atoms with Crippen LogP contribution in [0.1, 0.15) is 59.6 Å². The number of aromatic nitrogens is 2. The van der Waals surface area contributed by atoms with Crippen molar-refractivity contribution in [1.29, 1.82) is 0 Å². The number of ether oxygens (including phenoxy) is 4. The fraction of sp³-hybridized carbons (Fsp3) is 0.364. The number of carbonyl (C=O) groups excluding carboxylic acids is 2. The summed E-state index contributed by atoms with van der Waals surface area (Å²) in [5, 5.41) is 0. The van der Waals surface area contributed by atoms with Gasteiger partial charge in [-0.05, 0) is 113 Å². The quantitative estimate of drug-likeness (QED) is 0.152. The van der Waals surface area contributed by atoms with E-state index >= 15 is 0 Å². The summed E-state index contributed by atoms with van der Waals surface area (Å²) in [6.07, 6.45) is 8.30. The van der Waals surface area contributed by atoms with Gasteiger partial charge in [-0.15, -0.1) is 0 Å². The maximum Gasteiger partial charge on any atom is 0.270 e. The van der Waals surface area contributed by atoms with Crippen molar-refractivity contribution in [2.45, 2.75) is 53.4 Å². The number of amides is 2. The topological polar surface area (TPSA) is 144 Å². The van der Waals surface area contributed by atoms with Crippen LogP contribution < -0.4 is 35.5 Å². The molecule has 12 heteroatoms. The molecule has 0 aliphatic heterocycles. The number of pyridine rings is 2. The van der Waals surface area contributed by atoms with E-state index in [-0.39, 0.29) is 22.5 Å². The van der Waals surface area contributed by atoms with Crippen LogP contribution in [0.5, 0.6) is 23.0 Å². The molecule has 12 nitrogen and oxygen atoms in total. The second-order valence-corrected chi connectivity index (χ2v) is 14.6. The summed E-state index contributed by atoms with van der Waals surface area (Å²) in [6.45, 7) is 8.51. The Morgan fingerprint density at radius 3 is 1.36 bits per heavy atom. The number of likely N-dealkylation sites (N-methyl/N-ethyl adjacent to an activating group) is 1. The van der Waals surface area contributed by atoms with E-state index < -0.39 is 5.91 Å². The second-order valence-electron chi connectivity index (χ2n) is 14.6. The van der Waals surface area contributed by atoms with Gasteiger partial charge in [0.1, 0.15) is 11.4 Å². The standard InChI is InChI=1S/C23H28N2O4.C21H24N2O4/c1-15-10-19(26)11-16(2)25(15)20(23(27)24(3)4)12-18-8-9-21(28-5)22(13-18)29-14-17-6-7-17;1-13-8-17(24)9-14(2)23(13)18(21(22)25)10-16-6-7-19(26-3)20(11-16)27-12-15-4-5-15/h8-13,17H,6-7,14H2,1-5H3;6-11,15H,4-5,12H2,1-3H3,(H2,22,25)/b20-12+;18-10+. The molecule has 2 saturated carbocycles. The Morgan fingerprint density at radius 2 is 1.02 bits per heavy atom. The summed E-state index contributed by atoms with van der Waals surface area (Å²) >= 11 is 0. The highest BCUT2D eigenvalue weighted by molar-refractivity contribution is 6.19. The summed E-state index contributed by atoms with van der Waals surface area (Å²) in [6, 6.07) is 17.1. The number of nitrogens with zero attached hydrogens (tertiary/aromatic N) is 3. The van der Waals surface area contributed by atoms with E-state index in [0.29, 0.717) is 76.5 Å². The molecule has 56 heavy (non-hydrogen) atoms. The van der Waals surface area contributed by atoms with Crippen LogP contribution in [0.25, 0.3) is 23.5 Å². The first-order valence-corrected chi connectivity index (χ1v) is 18.7. The molecule has 296 valence electrons. The van der Waals surface area contributed by atoms with E-state index in [9.17, 15) is 19.2 Å². The molecule has 0 spiro atoms. The molecular formula is C44H52N4O8. The van der Waals surface area contributed by atoms with Gasteiger partial charge in [-0.3, -0.25) is 19.2 Å². The van der Waals surface area contributed by atoms with Gasteiger partial charge in [0.25, 0.3) is 11.8 Å². The number of benzene rings is 2. The molecule has 2 N–H and O–H groups in total. The molecule has 0 saturated heterocycles. The zero-order valence-electron chi connectivity index (χ0n) is 33.5. The van der Waals surface area contributed by atoms with Gasteiger partial charge >= 0.3 is 0 Å². The third-order valence-corrected chi connectivity index (χ3v) is 9.50. The molecule has 2 heterocycles. The Morgan fingerprint density at radius 1 is 0.643 bits per heavy atom. The van der Waals surface area contributed by atoms with Crippen molar-refractivity contribution in [1.82, 2.24) is 14.0 Å². The van der Waals surface area contributed by atoms with Crippen LogP contribution in [0.2, 0.25) is 0 Å². The predicted octanol–water partition coefficient (Wildman–Crippen LogP) is 6.09. The molecule has 2 fully saturated rings. The molecule has 6 rings (SSSR count). The first-order chi connectivity index (χ1) is 26.7. The van der Waals surface area contributed by atoms with Gasteiger partial charge in [-0.25, -0.2) is 0 Å². The maximum absolute atomic E-state index is 13.0. The number of hydrogen-bond donors (Lipinski definition) is 1. The summed E-state index contributed by atoms with van der Waals surface area (Å²) in [5.74, 6) is 3.10. The fourth-order valence-electron chi connectivity index (χ4n) is 6.27. The van der Waals surface area contributed by atoms with Crippen molar-refractivity contribution in [3.05, 3.63) is 115 Å². The molecule has 2 amide bonds. The van der Waals surface area contributed by atoms with E-state index in [1.165, 1.54) is 54.8 Å². The van der Waals surface area contributed by atoms with Crippen molar-refractivity contribution in [2.24, 2.45) is 17.6 Å². The average Bonchev–Trinajstić information content (AvgIpc) is 4.08. The van der Waals surface area contributed by atoms with E-state index in [2.05, 4.69) is 0 Å². The number of rotatable bonds is 14. The molecule has 0 radical (unpaired) electrons. The van der Waals surface area contributed by atoms with Crippen LogP contribution in [0, 0.1) is 39.5 Å². The lowest BCUT2D eigenvalue weighted by atomic mass is 10.1. The van der Waals surface area contributed by atoms with Gasteiger partial charge in [-0.1, -0.05) is 12.1 Å². The molecule has 2 aliphatic carbocycles. The van der Waals surface area contributed by atoms with Gasteiger partial charge in [0, 0.05) is 61.1 Å². The van der Waals surface area contributed by atoms with E-state index in [4.69, 9.17) is 24.7 Å². The highest BCUT2D eigenvalue weighted by Crippen LogP contribution is 2.35. The zero-order chi connectivity index (χ0) is 40.7. The van der Waals surface area contributed by atoms with Crippen LogP contribution in [-0.2, 0) is 9.59 Å². The Hall–Kier alpha value is -6.04. The van der Waals surface area contributed by atoms with Crippen molar-refractivity contribution >= 4 is 35.4 Å². The van der Waals surface area contributed by atoms with Crippen LogP contribution >= 0.6 is 0 Å². The van der Waals surface area contributed by atoms with Crippen LogP contribution in [0.15, 0.2) is 70.3 Å². The zero-order valence-corrected chi connectivity index (χ0v) is 33.5. The van der Waals surface area contributed by atoms with E-state index in [0.717, 1.165) is 11.1 Å². The first-order valence-electron chi connectivity index (χ1n) is 18.7. The number of carbonyl (C=O) groups is 2. The summed E-state index contributed by atoms with van der Waals surface area (Å²) in [7, 11) is 6.63. The number of primary amides is 1. The minimum absolute atomic E-state index is 0.0758. The minimum Gasteiger partial charge on any atom is -0.493 e. The average molecular weight is 765 g/mol. The monoisotopic (exact) mass is 764 g/mol. The van der Waals surface area contributed by atoms with Gasteiger partial charge in [0.2, 0.25) is 0 Å². The largest absolute Gasteiger partial charge is 0.493 e. The third kappa shape index (κ3) is 10.6. The van der Waals surface area contributed by atoms with E-state index in [1.54, 1.807) is 63.4 Å². The van der Waals surface area contributed by atoms with Gasteiger partial charge in [0.15, 0.2) is 33.9 Å². The van der Waals surface area contributed by atoms with E-state index in [1.807, 2.05) is 50.3 Å². The lowest BCUT2D eigenvalue weighted by Crippen LogP contribution is -2.27. The molecule has 4 aromatic rings. The molecular weight excluding hydrogens is 713 g/mol. The van der Waals surface area contributed by atoms with Gasteiger partial charge < -0.3 is 38.7 Å². The Bertz CT molecular complexity index is 2220. The van der Waals surface area contributed by atoms with Crippen LogP contribution in [0.3, 0.4) is 0 Å². The molecule has 0 unspecified atom stereocenters. The Kier molecular flexibility index (Phi) is 13.3. The number of methoxy groups -OCH3 is 2. The highest BCUT2D eigenvalue weighted by atomic mass is 16.5. The molecule has 0 bridgehead atoms. The maximum atomic E-state index is 13.0. The second kappa shape index (κ2) is 18.1. The van der Waals surface area contributed by atoms with Crippen molar-refractivity contribution in [3.63, 3.8) is 0 Å². The smallest absolute Gasteiger partial charge is 0.270 e. The lowest BCUT2D eigenvalue weighted by molar-refractivity contribution is -0.123. The summed E-state index contributed by atoms with van der Waals surface area (Å²) in [5.41, 5.74) is 10.5. The highest BCUT2D eigenvalue weighted by Gasteiger charge is 2.24. The van der Waals surface area contributed by atoms with Gasteiger partial charge in [-0.2, -0.15) is 0 Å². The normalized spacial score (nSPS) is 14.0. The Balaban J connectivity index is 0.000000215. The van der Waals surface area contributed by atoms with Crippen molar-refractivity contribution in [3.8, 4) is 23.0 Å². The van der Waals surface area contributed by atoms with Crippen LogP contribution in [0.4, 0.5) is 0 Å². The molecule has 2 aromatic carbocycles. The first kappa shape index (κ1) is 41.1. The Labute approximate surface area is 327 Å². The lowest BCUT2D eigenvalue weighted by Gasteiger charge is -2.20. The number of hydrogen-bond acceptors (Lipinski definition) is 8. The van der Waals surface area contributed by atoms with Crippen molar-refractivity contribution < 1.29 is 28.5 Å². The third-order valence-electron chi connectivity index (χ3n) is 9.50. The fourth-order valence-corrected chi connectivity index (χ4v) is 6.27. The molecule has 2 aliphatic rings. The minimum atomic E-state index is -0.582. The summed E-state index contributed by atoms with van der Waals surface area (Å²) < 4.78 is 26.1. The SMILES string of the molecule is COc1ccc(/C=C(\C(=O)N(C)C)n2c(C)cc(=O)cc2C)cc1OCC1CC1.COc1ccc(/C=C(\C(N)=O)n2c(C)cc(=O)cc2C)cc1OCC1CC1. The molecule has 2 aromatic heterocycles. The summed E-state index contributed by atoms with van der Waals surface area (Å²) in [4.78, 5) is 50.1.